The van der Waals surface area contributed by atoms with Crippen LogP contribution < -0.4 is 5.32 Å². The molecule has 2 heterocycles. The number of likely N-dealkylation sites (tertiary alicyclic amines) is 1. The highest BCUT2D eigenvalue weighted by Crippen LogP contribution is 2.33. The quantitative estimate of drug-likeness (QED) is 0.635. The zero-order chi connectivity index (χ0) is 23.7. The fraction of sp³-hybridized carbons (Fsp3) is 0.636. The second-order valence-electron chi connectivity index (χ2n) is 8.06. The van der Waals surface area contributed by atoms with Crippen LogP contribution in [-0.2, 0) is 25.6 Å². The number of fused-ring (bicyclic) bond motifs is 1. The Labute approximate surface area is 185 Å². The molecule has 2 N–H and O–H groups in total. The summed E-state index contributed by atoms with van der Waals surface area (Å²) in [6, 6.07) is 8.73. The van der Waals surface area contributed by atoms with Crippen LogP contribution in [0.15, 0.2) is 24.3 Å². The number of aliphatic carboxylic acids is 1. The number of nitrogens with zero attached hydrogens (tertiary/aromatic N) is 1. The van der Waals surface area contributed by atoms with Gasteiger partial charge in [-0.2, -0.15) is 13.2 Å². The van der Waals surface area contributed by atoms with Gasteiger partial charge in [0.1, 0.15) is 0 Å². The van der Waals surface area contributed by atoms with Crippen molar-refractivity contribution in [3.8, 4) is 0 Å². The Balaban J connectivity index is 0.000000451. The molecule has 1 amide bonds. The van der Waals surface area contributed by atoms with Crippen molar-refractivity contribution < 1.29 is 37.3 Å². The minimum Gasteiger partial charge on any atom is -0.475 e. The van der Waals surface area contributed by atoms with Crippen molar-refractivity contribution in [3.05, 3.63) is 35.4 Å². The maximum atomic E-state index is 12.6. The Kier molecular flexibility index (Phi) is 9.92. The van der Waals surface area contributed by atoms with Crippen LogP contribution >= 0.6 is 0 Å². The fourth-order valence-electron chi connectivity index (χ4n) is 4.01. The standard InChI is InChI=1S/C20H30N2O3.C2HF3O2/c1-15-3-5-16(6-4-15)13-22-10-7-19-18(14-22)17(8-11-25-19)20(23)21-9-12-24-2;3-2(4,5)1(6)7/h3-6,17-19H,7-14H2,1-2H3,(H,21,23);(H,6,7)/t17-,18+,19-;/m1./s1. The molecular formula is C22H31F3N2O5. The maximum Gasteiger partial charge on any atom is 0.490 e. The lowest BCUT2D eigenvalue weighted by molar-refractivity contribution is -0.192. The summed E-state index contributed by atoms with van der Waals surface area (Å²) in [6.45, 7) is 6.86. The summed E-state index contributed by atoms with van der Waals surface area (Å²) in [5.41, 5.74) is 2.62. The molecule has 0 aliphatic carbocycles. The lowest BCUT2D eigenvalue weighted by Gasteiger charge is -2.44. The molecule has 32 heavy (non-hydrogen) atoms. The largest absolute Gasteiger partial charge is 0.490 e. The number of carbonyl (C=O) groups excluding carboxylic acids is 1. The van der Waals surface area contributed by atoms with Crippen molar-refractivity contribution in [2.45, 2.75) is 38.6 Å². The number of carboxylic acid groups (broad SMARTS) is 1. The fourth-order valence-corrected chi connectivity index (χ4v) is 4.01. The zero-order valence-electron chi connectivity index (χ0n) is 18.4. The number of carboxylic acids is 1. The topological polar surface area (TPSA) is 88.1 Å². The van der Waals surface area contributed by atoms with Gasteiger partial charge in [0, 0.05) is 51.7 Å². The van der Waals surface area contributed by atoms with Crippen LogP contribution in [0.3, 0.4) is 0 Å². The van der Waals surface area contributed by atoms with E-state index in [2.05, 4.69) is 41.4 Å². The number of benzene rings is 1. The Morgan fingerprint density at radius 1 is 1.25 bits per heavy atom. The van der Waals surface area contributed by atoms with E-state index in [0.29, 0.717) is 19.8 Å². The second kappa shape index (κ2) is 12.2. The van der Waals surface area contributed by atoms with E-state index >= 15 is 0 Å². The third-order valence-corrected chi connectivity index (χ3v) is 5.67. The van der Waals surface area contributed by atoms with E-state index in [-0.39, 0.29) is 23.8 Å². The van der Waals surface area contributed by atoms with Crippen molar-refractivity contribution in [3.63, 3.8) is 0 Å². The van der Waals surface area contributed by atoms with Crippen LogP contribution in [0.2, 0.25) is 0 Å². The average molecular weight is 460 g/mol. The SMILES string of the molecule is COCCNC(=O)[C@@H]1CCO[C@@H]2CCN(Cc3ccc(C)cc3)C[C@H]21.O=C(O)C(F)(F)F. The molecule has 1 aromatic carbocycles. The number of alkyl halides is 3. The first-order valence-corrected chi connectivity index (χ1v) is 10.6. The first kappa shape index (κ1) is 26.1. The third kappa shape index (κ3) is 8.07. The molecule has 2 aliphatic heterocycles. The molecule has 0 bridgehead atoms. The lowest BCUT2D eigenvalue weighted by Crippen LogP contribution is -2.53. The van der Waals surface area contributed by atoms with E-state index in [4.69, 9.17) is 19.4 Å². The molecule has 2 aliphatic rings. The normalized spacial score (nSPS) is 23.5. The predicted octanol–water partition coefficient (Wildman–Crippen LogP) is 2.62. The highest BCUT2D eigenvalue weighted by molar-refractivity contribution is 5.79. The van der Waals surface area contributed by atoms with Crippen LogP contribution in [0.25, 0.3) is 0 Å². The number of hydrogen-bond acceptors (Lipinski definition) is 5. The summed E-state index contributed by atoms with van der Waals surface area (Å²) in [6.07, 6.45) is -3.03. The molecule has 1 aromatic rings. The molecule has 0 aromatic heterocycles. The molecule has 0 saturated carbocycles. The first-order chi connectivity index (χ1) is 15.1. The molecule has 2 saturated heterocycles. The molecule has 7 nitrogen and oxygen atoms in total. The van der Waals surface area contributed by atoms with Gasteiger partial charge in [-0.3, -0.25) is 9.69 Å². The highest BCUT2D eigenvalue weighted by Gasteiger charge is 2.41. The third-order valence-electron chi connectivity index (χ3n) is 5.67. The van der Waals surface area contributed by atoms with Gasteiger partial charge in [0.05, 0.1) is 12.7 Å². The maximum absolute atomic E-state index is 12.6. The summed E-state index contributed by atoms with van der Waals surface area (Å²) in [4.78, 5) is 24.0. The number of aryl methyl sites for hydroxylation is 1. The minimum atomic E-state index is -5.08. The molecular weight excluding hydrogens is 429 g/mol. The van der Waals surface area contributed by atoms with Gasteiger partial charge in [0.15, 0.2) is 0 Å². The van der Waals surface area contributed by atoms with E-state index in [1.165, 1.54) is 11.1 Å². The van der Waals surface area contributed by atoms with Crippen molar-refractivity contribution in [1.82, 2.24) is 10.2 Å². The van der Waals surface area contributed by atoms with Crippen LogP contribution in [0, 0.1) is 18.8 Å². The Bertz CT molecular complexity index is 742. The summed E-state index contributed by atoms with van der Waals surface area (Å²) >= 11 is 0. The van der Waals surface area contributed by atoms with Crippen LogP contribution in [0.4, 0.5) is 13.2 Å². The summed E-state index contributed by atoms with van der Waals surface area (Å²) in [5, 5.41) is 10.1. The molecule has 0 spiro atoms. The Morgan fingerprint density at radius 2 is 1.91 bits per heavy atom. The summed E-state index contributed by atoms with van der Waals surface area (Å²) in [5.74, 6) is -2.26. The van der Waals surface area contributed by atoms with Gasteiger partial charge in [-0.05, 0) is 25.3 Å². The smallest absolute Gasteiger partial charge is 0.475 e. The van der Waals surface area contributed by atoms with Crippen LogP contribution in [0.1, 0.15) is 24.0 Å². The lowest BCUT2D eigenvalue weighted by atomic mass is 9.79. The highest BCUT2D eigenvalue weighted by atomic mass is 19.4. The molecule has 2 fully saturated rings. The van der Waals surface area contributed by atoms with E-state index in [0.717, 1.165) is 32.5 Å². The van der Waals surface area contributed by atoms with Crippen LogP contribution in [-0.4, -0.2) is 74.1 Å². The van der Waals surface area contributed by atoms with Crippen molar-refractivity contribution in [1.29, 1.82) is 0 Å². The van der Waals surface area contributed by atoms with Crippen molar-refractivity contribution in [2.75, 3.05) is 40.0 Å². The number of methoxy groups -OCH3 is 1. The van der Waals surface area contributed by atoms with Gasteiger partial charge >= 0.3 is 12.1 Å². The number of nitrogens with one attached hydrogen (secondary N) is 1. The first-order valence-electron chi connectivity index (χ1n) is 10.6. The average Bonchev–Trinajstić information content (AvgIpc) is 2.75. The predicted molar refractivity (Wildman–Crippen MR) is 111 cm³/mol. The number of amides is 1. The minimum absolute atomic E-state index is 0.0522. The van der Waals surface area contributed by atoms with Gasteiger partial charge in [-0.25, -0.2) is 4.79 Å². The van der Waals surface area contributed by atoms with E-state index in [1.807, 2.05) is 0 Å². The number of rotatable bonds is 6. The number of ether oxygens (including phenoxy) is 2. The van der Waals surface area contributed by atoms with E-state index in [9.17, 15) is 18.0 Å². The number of halogens is 3. The zero-order valence-corrected chi connectivity index (χ0v) is 18.4. The molecule has 0 radical (unpaired) electrons. The van der Waals surface area contributed by atoms with Gasteiger partial charge in [0.25, 0.3) is 0 Å². The Hall–Kier alpha value is -2.17. The monoisotopic (exact) mass is 460 g/mol. The molecule has 3 rings (SSSR count). The van der Waals surface area contributed by atoms with E-state index in [1.54, 1.807) is 7.11 Å². The Morgan fingerprint density at radius 3 is 2.50 bits per heavy atom. The van der Waals surface area contributed by atoms with Crippen molar-refractivity contribution in [2.24, 2.45) is 11.8 Å². The molecule has 10 heteroatoms. The van der Waals surface area contributed by atoms with E-state index < -0.39 is 12.1 Å². The molecule has 0 unspecified atom stereocenters. The van der Waals surface area contributed by atoms with Gasteiger partial charge in [-0.1, -0.05) is 29.8 Å². The number of piperidine rings is 1. The number of hydrogen-bond donors (Lipinski definition) is 2. The molecule has 3 atom stereocenters. The summed E-state index contributed by atoms with van der Waals surface area (Å²) in [7, 11) is 1.65. The van der Waals surface area contributed by atoms with Crippen LogP contribution in [0.5, 0.6) is 0 Å². The second-order valence-corrected chi connectivity index (χ2v) is 8.06. The van der Waals surface area contributed by atoms with Gasteiger partial charge < -0.3 is 19.9 Å². The van der Waals surface area contributed by atoms with Gasteiger partial charge in [0.2, 0.25) is 5.91 Å². The molecule has 180 valence electrons. The van der Waals surface area contributed by atoms with Crippen molar-refractivity contribution >= 4 is 11.9 Å². The number of carbonyl (C=O) groups is 2. The van der Waals surface area contributed by atoms with Gasteiger partial charge in [-0.15, -0.1) is 0 Å². The summed E-state index contributed by atoms with van der Waals surface area (Å²) < 4.78 is 42.7.